The minimum Gasteiger partial charge on any atom is -0.508 e. The molecule has 0 spiro atoms. The van der Waals surface area contributed by atoms with Gasteiger partial charge in [-0.2, -0.15) is 0 Å². The van der Waals surface area contributed by atoms with Crippen molar-refractivity contribution in [1.29, 1.82) is 0 Å². The van der Waals surface area contributed by atoms with Crippen LogP contribution in [0.25, 0.3) is 0 Å². The van der Waals surface area contributed by atoms with Crippen molar-refractivity contribution in [2.75, 3.05) is 34.9 Å². The number of nitrogens with zero attached hydrogens (tertiary/aromatic N) is 3. The standard InChI is InChI=1S/C43H73N5O9/c1-15-28(8)37(47(12)41(53)35(25(2)3)44-40(52)36(26(4)5)46(11)27(6)7)33(56-13)23-34(50)48-22-16-17-32(48)38(57-14)29(9)39(51)45-43(10,42(54)55)24-30-18-20-31(49)21-19-30/h18-21,25-29,32-33,35-38,49H,15-17,22-24H2,1-14H3,(H,44,52)(H,45,51)(H,54,55)/t28?,29-,32+,33-,35+,36+,37+,38-,43?/m1/s1. The van der Waals surface area contributed by atoms with Gasteiger partial charge in [0.25, 0.3) is 0 Å². The van der Waals surface area contributed by atoms with Gasteiger partial charge in [-0.3, -0.25) is 24.1 Å². The summed E-state index contributed by atoms with van der Waals surface area (Å²) >= 11 is 0. The number of hydrogen-bond donors (Lipinski definition) is 4. The normalized spacial score (nSPS) is 19.4. The Morgan fingerprint density at radius 2 is 1.53 bits per heavy atom. The number of carboxylic acids is 1. The fourth-order valence-corrected chi connectivity index (χ4v) is 8.14. The number of carbonyl (C=O) groups excluding carboxylic acids is 4. The van der Waals surface area contributed by atoms with Crippen LogP contribution >= 0.6 is 0 Å². The number of aliphatic carboxylic acids is 1. The second kappa shape index (κ2) is 21.9. The van der Waals surface area contributed by atoms with Crippen LogP contribution in [-0.4, -0.2) is 137 Å². The average molecular weight is 804 g/mol. The third-order valence-electron chi connectivity index (χ3n) is 12.0. The Bertz CT molecular complexity index is 1490. The van der Waals surface area contributed by atoms with E-state index >= 15 is 0 Å². The van der Waals surface area contributed by atoms with Gasteiger partial charge in [0.2, 0.25) is 23.6 Å². The Morgan fingerprint density at radius 1 is 0.930 bits per heavy atom. The highest BCUT2D eigenvalue weighted by Crippen LogP contribution is 2.30. The van der Waals surface area contributed by atoms with Gasteiger partial charge >= 0.3 is 5.97 Å². The van der Waals surface area contributed by atoms with Crippen LogP contribution in [0.5, 0.6) is 5.75 Å². The van der Waals surface area contributed by atoms with Gasteiger partial charge in [0.1, 0.15) is 17.3 Å². The second-order valence-corrected chi connectivity index (χ2v) is 17.2. The molecule has 324 valence electrons. The Hall–Kier alpha value is -3.75. The molecule has 4 N–H and O–H groups in total. The summed E-state index contributed by atoms with van der Waals surface area (Å²) in [6.07, 6.45) is 0.498. The summed E-state index contributed by atoms with van der Waals surface area (Å²) in [5.74, 6) is -3.45. The molecule has 0 radical (unpaired) electrons. The number of phenols is 1. The van der Waals surface area contributed by atoms with E-state index in [1.165, 1.54) is 33.3 Å². The number of carboxylic acid groups (broad SMARTS) is 1. The summed E-state index contributed by atoms with van der Waals surface area (Å²) in [7, 11) is 6.64. The molecular weight excluding hydrogens is 730 g/mol. The van der Waals surface area contributed by atoms with Crippen molar-refractivity contribution in [2.24, 2.45) is 23.7 Å². The highest BCUT2D eigenvalue weighted by molar-refractivity contribution is 5.90. The van der Waals surface area contributed by atoms with Crippen molar-refractivity contribution in [2.45, 2.75) is 149 Å². The number of ether oxygens (including phenoxy) is 2. The van der Waals surface area contributed by atoms with Crippen LogP contribution in [0.4, 0.5) is 0 Å². The number of carbonyl (C=O) groups is 5. The topological polar surface area (TPSA) is 178 Å². The van der Waals surface area contributed by atoms with Crippen molar-refractivity contribution in [3.05, 3.63) is 29.8 Å². The highest BCUT2D eigenvalue weighted by atomic mass is 16.5. The quantitative estimate of drug-likeness (QED) is 0.132. The van der Waals surface area contributed by atoms with E-state index in [2.05, 4.69) is 10.6 Å². The number of likely N-dealkylation sites (tertiary alicyclic amines) is 1. The van der Waals surface area contributed by atoms with Gasteiger partial charge in [-0.05, 0) is 76.1 Å². The van der Waals surface area contributed by atoms with Gasteiger partial charge < -0.3 is 40.1 Å². The van der Waals surface area contributed by atoms with E-state index in [4.69, 9.17) is 9.47 Å². The lowest BCUT2D eigenvalue weighted by atomic mass is 9.89. The van der Waals surface area contributed by atoms with E-state index in [1.807, 2.05) is 67.3 Å². The van der Waals surface area contributed by atoms with Gasteiger partial charge in [0, 0.05) is 40.3 Å². The van der Waals surface area contributed by atoms with Crippen molar-refractivity contribution < 1.29 is 43.7 Å². The fourth-order valence-electron chi connectivity index (χ4n) is 8.14. The molecule has 0 aliphatic carbocycles. The summed E-state index contributed by atoms with van der Waals surface area (Å²) in [6, 6.07) is 4.07. The smallest absolute Gasteiger partial charge is 0.329 e. The van der Waals surface area contributed by atoms with Crippen LogP contribution in [0.15, 0.2) is 24.3 Å². The summed E-state index contributed by atoms with van der Waals surface area (Å²) in [5, 5.41) is 25.6. The molecule has 57 heavy (non-hydrogen) atoms. The molecule has 14 nitrogen and oxygen atoms in total. The first kappa shape index (κ1) is 49.4. The van der Waals surface area contributed by atoms with Gasteiger partial charge in [-0.25, -0.2) is 4.79 Å². The molecule has 4 amide bonds. The zero-order chi connectivity index (χ0) is 43.5. The van der Waals surface area contributed by atoms with Gasteiger partial charge in [0.15, 0.2) is 0 Å². The first-order valence-corrected chi connectivity index (χ1v) is 20.5. The van der Waals surface area contributed by atoms with Gasteiger partial charge in [-0.15, -0.1) is 0 Å². The Kier molecular flexibility index (Phi) is 18.9. The molecule has 0 bridgehead atoms. The molecule has 14 heteroatoms. The van der Waals surface area contributed by atoms with Crippen molar-refractivity contribution in [1.82, 2.24) is 25.3 Å². The van der Waals surface area contributed by atoms with E-state index in [-0.39, 0.29) is 60.1 Å². The van der Waals surface area contributed by atoms with E-state index < -0.39 is 59.7 Å². The maximum atomic E-state index is 14.4. The third-order valence-corrected chi connectivity index (χ3v) is 12.0. The van der Waals surface area contributed by atoms with Crippen LogP contribution < -0.4 is 10.6 Å². The molecule has 0 aromatic heterocycles. The van der Waals surface area contributed by atoms with Gasteiger partial charge in [-0.1, -0.05) is 67.0 Å². The summed E-state index contributed by atoms with van der Waals surface area (Å²) in [5.41, 5.74) is -1.03. The number of hydrogen-bond acceptors (Lipinski definition) is 9. The minimum absolute atomic E-state index is 0.0146. The largest absolute Gasteiger partial charge is 0.508 e. The Balaban J connectivity index is 2.32. The highest BCUT2D eigenvalue weighted by Gasteiger charge is 2.45. The molecule has 1 aliphatic rings. The maximum Gasteiger partial charge on any atom is 0.329 e. The lowest BCUT2D eigenvalue weighted by Gasteiger charge is -2.41. The summed E-state index contributed by atoms with van der Waals surface area (Å²) < 4.78 is 11.9. The maximum absolute atomic E-state index is 14.4. The number of benzene rings is 1. The molecule has 1 aromatic carbocycles. The number of aromatic hydroxyl groups is 1. The van der Waals surface area contributed by atoms with Crippen LogP contribution in [0.1, 0.15) is 100 Å². The molecule has 2 rings (SSSR count). The lowest BCUT2D eigenvalue weighted by Crippen LogP contribution is -2.60. The molecule has 1 saturated heterocycles. The molecule has 2 unspecified atom stereocenters. The molecule has 1 fully saturated rings. The predicted octanol–water partition coefficient (Wildman–Crippen LogP) is 4.32. The van der Waals surface area contributed by atoms with Gasteiger partial charge in [0.05, 0.1) is 42.7 Å². The Morgan fingerprint density at radius 3 is 2.00 bits per heavy atom. The molecular formula is C43H73N5O9. The summed E-state index contributed by atoms with van der Waals surface area (Å²) in [4.78, 5) is 73.9. The van der Waals surface area contributed by atoms with Crippen molar-refractivity contribution in [3.63, 3.8) is 0 Å². The summed E-state index contributed by atoms with van der Waals surface area (Å²) in [6.45, 7) is 19.4. The number of likely N-dealkylation sites (N-methyl/N-ethyl adjacent to an activating group) is 2. The monoisotopic (exact) mass is 804 g/mol. The fraction of sp³-hybridized carbons (Fsp3) is 0.744. The average Bonchev–Trinajstić information content (AvgIpc) is 3.63. The second-order valence-electron chi connectivity index (χ2n) is 17.2. The number of nitrogens with one attached hydrogen (secondary N) is 2. The van der Waals surface area contributed by atoms with E-state index in [0.29, 0.717) is 31.4 Å². The van der Waals surface area contributed by atoms with Crippen LogP contribution in [-0.2, 0) is 39.9 Å². The number of phenolic OH excluding ortho intramolecular Hbond substituents is 1. The van der Waals surface area contributed by atoms with Crippen molar-refractivity contribution >= 4 is 29.6 Å². The van der Waals surface area contributed by atoms with Crippen molar-refractivity contribution in [3.8, 4) is 5.75 Å². The number of methoxy groups -OCH3 is 2. The zero-order valence-corrected chi connectivity index (χ0v) is 37.0. The SMILES string of the molecule is CCC(C)[C@@H]([C@@H](CC(=O)N1CCC[C@H]1[C@H](OC)[C@@H](C)C(=O)NC(C)(Cc1ccc(O)cc1)C(=O)O)OC)N(C)C(=O)[C@@H](NC(=O)[C@H](C(C)C)N(C)C(C)C)C(C)C. The lowest BCUT2D eigenvalue weighted by molar-refractivity contribution is -0.150. The molecule has 1 aromatic rings. The van der Waals surface area contributed by atoms with Crippen LogP contribution in [0.3, 0.4) is 0 Å². The first-order valence-electron chi connectivity index (χ1n) is 20.5. The minimum atomic E-state index is -1.65. The van der Waals surface area contributed by atoms with Crippen LogP contribution in [0.2, 0.25) is 0 Å². The number of rotatable bonds is 22. The Labute approximate surface area is 341 Å². The van der Waals surface area contributed by atoms with Crippen LogP contribution in [0, 0.1) is 23.7 Å². The molecule has 1 heterocycles. The van der Waals surface area contributed by atoms with E-state index in [0.717, 1.165) is 0 Å². The molecule has 9 atom stereocenters. The zero-order valence-electron chi connectivity index (χ0n) is 37.0. The van der Waals surface area contributed by atoms with E-state index in [1.54, 1.807) is 35.9 Å². The number of amides is 4. The third kappa shape index (κ3) is 12.6. The molecule has 1 aliphatic heterocycles. The first-order chi connectivity index (χ1) is 26.6. The van der Waals surface area contributed by atoms with E-state index in [9.17, 15) is 34.2 Å². The predicted molar refractivity (Wildman–Crippen MR) is 220 cm³/mol. The molecule has 0 saturated carbocycles.